The lowest BCUT2D eigenvalue weighted by atomic mass is 10.0. The summed E-state index contributed by atoms with van der Waals surface area (Å²) in [6.45, 7) is 10.7. The Hall–Kier alpha value is -0.520. The second-order valence-electron chi connectivity index (χ2n) is 5.18. The largest absolute Gasteiger partial charge is 0.0999 e. The maximum Gasteiger partial charge on any atom is -0.0323 e. The van der Waals surface area contributed by atoms with E-state index in [2.05, 4.69) is 33.4 Å². The van der Waals surface area contributed by atoms with E-state index in [4.69, 9.17) is 0 Å². The van der Waals surface area contributed by atoms with E-state index in [1.807, 2.05) is 0 Å². The van der Waals surface area contributed by atoms with E-state index in [-0.39, 0.29) is 0 Å². The molecule has 0 saturated carbocycles. The Bertz CT molecular complexity index is 210. The van der Waals surface area contributed by atoms with Gasteiger partial charge >= 0.3 is 0 Å². The molecule has 17 heavy (non-hydrogen) atoms. The van der Waals surface area contributed by atoms with Gasteiger partial charge in [-0.15, -0.1) is 0 Å². The van der Waals surface area contributed by atoms with Crippen molar-refractivity contribution in [3.05, 3.63) is 23.8 Å². The molecule has 0 bridgehead atoms. The van der Waals surface area contributed by atoms with Crippen LogP contribution in [0.2, 0.25) is 0 Å². The van der Waals surface area contributed by atoms with Gasteiger partial charge in [-0.2, -0.15) is 0 Å². The van der Waals surface area contributed by atoms with Crippen molar-refractivity contribution in [1.29, 1.82) is 0 Å². The molecule has 0 aliphatic rings. The molecule has 0 radical (unpaired) electrons. The molecular weight excluding hydrogens is 204 g/mol. The lowest BCUT2D eigenvalue weighted by Gasteiger charge is -2.04. The van der Waals surface area contributed by atoms with E-state index in [9.17, 15) is 0 Å². The Balaban J connectivity index is 3.19. The molecule has 0 atom stereocenters. The van der Waals surface area contributed by atoms with Crippen LogP contribution in [0.3, 0.4) is 0 Å². The first-order valence-electron chi connectivity index (χ1n) is 7.53. The highest BCUT2D eigenvalue weighted by Crippen LogP contribution is 2.14. The topological polar surface area (TPSA) is 0 Å². The molecule has 0 nitrogen and oxygen atoms in total. The maximum absolute atomic E-state index is 4.05. The highest BCUT2D eigenvalue weighted by atomic mass is 14.0. The predicted octanol–water partition coefficient (Wildman–Crippen LogP) is 6.43. The van der Waals surface area contributed by atoms with Gasteiger partial charge in [0.25, 0.3) is 0 Å². The molecule has 0 fully saturated rings. The molecule has 0 aromatic rings. The molecule has 100 valence electrons. The summed E-state index contributed by atoms with van der Waals surface area (Å²) in [7, 11) is 0. The van der Waals surface area contributed by atoms with Gasteiger partial charge in [0.2, 0.25) is 0 Å². The van der Waals surface area contributed by atoms with E-state index in [1.165, 1.54) is 63.4 Å². The van der Waals surface area contributed by atoms with Crippen molar-refractivity contribution >= 4 is 0 Å². The fourth-order valence-corrected chi connectivity index (χ4v) is 2.11. The standard InChI is InChI=1S/C17H32/c1-5-13-17(4)15-12-10-8-7-9-11-14-16(3)6-2/h13H,3,5-12,14-15H2,1-2,4H3/b17-13+. The van der Waals surface area contributed by atoms with Crippen LogP contribution >= 0.6 is 0 Å². The van der Waals surface area contributed by atoms with Crippen molar-refractivity contribution < 1.29 is 0 Å². The van der Waals surface area contributed by atoms with Gasteiger partial charge in [-0.05, 0) is 45.4 Å². The van der Waals surface area contributed by atoms with Crippen LogP contribution in [0.15, 0.2) is 23.8 Å². The molecule has 0 rings (SSSR count). The van der Waals surface area contributed by atoms with Gasteiger partial charge < -0.3 is 0 Å². The summed E-state index contributed by atoms with van der Waals surface area (Å²) in [5.74, 6) is 0. The Morgan fingerprint density at radius 3 is 1.94 bits per heavy atom. The summed E-state index contributed by atoms with van der Waals surface area (Å²) >= 11 is 0. The van der Waals surface area contributed by atoms with Crippen LogP contribution in [0, 0.1) is 0 Å². The zero-order valence-corrected chi connectivity index (χ0v) is 12.4. The second-order valence-corrected chi connectivity index (χ2v) is 5.18. The number of hydrogen-bond donors (Lipinski definition) is 0. The molecule has 0 unspecified atom stereocenters. The van der Waals surface area contributed by atoms with Crippen LogP contribution in [-0.4, -0.2) is 0 Å². The molecule has 0 N–H and O–H groups in total. The summed E-state index contributed by atoms with van der Waals surface area (Å²) in [4.78, 5) is 0. The minimum Gasteiger partial charge on any atom is -0.0999 e. The van der Waals surface area contributed by atoms with Gasteiger partial charge in [0.15, 0.2) is 0 Å². The van der Waals surface area contributed by atoms with E-state index in [1.54, 1.807) is 5.57 Å². The van der Waals surface area contributed by atoms with E-state index in [0.29, 0.717) is 0 Å². The summed E-state index contributed by atoms with van der Waals surface area (Å²) < 4.78 is 0. The number of hydrogen-bond acceptors (Lipinski definition) is 0. The van der Waals surface area contributed by atoms with E-state index in [0.717, 1.165) is 6.42 Å². The molecule has 0 saturated heterocycles. The highest BCUT2D eigenvalue weighted by Gasteiger charge is 1.94. The minimum absolute atomic E-state index is 1.16. The zero-order valence-electron chi connectivity index (χ0n) is 12.4. The van der Waals surface area contributed by atoms with Crippen molar-refractivity contribution in [2.24, 2.45) is 0 Å². The van der Waals surface area contributed by atoms with Gasteiger partial charge in [0, 0.05) is 0 Å². The molecule has 0 aliphatic heterocycles. The molecule has 0 aromatic carbocycles. The first kappa shape index (κ1) is 16.5. The third-order valence-electron chi connectivity index (χ3n) is 3.40. The first-order chi connectivity index (χ1) is 8.20. The van der Waals surface area contributed by atoms with Crippen LogP contribution in [0.4, 0.5) is 0 Å². The van der Waals surface area contributed by atoms with Crippen LogP contribution in [-0.2, 0) is 0 Å². The van der Waals surface area contributed by atoms with Gasteiger partial charge in [-0.1, -0.05) is 63.3 Å². The molecule has 0 heterocycles. The Kier molecular flexibility index (Phi) is 11.6. The van der Waals surface area contributed by atoms with Gasteiger partial charge in [0.1, 0.15) is 0 Å². The minimum atomic E-state index is 1.16. The predicted molar refractivity (Wildman–Crippen MR) is 80.4 cm³/mol. The lowest BCUT2D eigenvalue weighted by Crippen LogP contribution is -1.84. The summed E-state index contributed by atoms with van der Waals surface area (Å²) in [6, 6.07) is 0. The van der Waals surface area contributed by atoms with Crippen LogP contribution in [0.5, 0.6) is 0 Å². The summed E-state index contributed by atoms with van der Waals surface area (Å²) in [5.41, 5.74) is 3.00. The Labute approximate surface area is 109 Å². The maximum atomic E-state index is 4.05. The van der Waals surface area contributed by atoms with Crippen molar-refractivity contribution in [1.82, 2.24) is 0 Å². The fourth-order valence-electron chi connectivity index (χ4n) is 2.11. The van der Waals surface area contributed by atoms with E-state index >= 15 is 0 Å². The number of allylic oxidation sites excluding steroid dienone is 3. The average Bonchev–Trinajstić information content (AvgIpc) is 2.32. The van der Waals surface area contributed by atoms with Gasteiger partial charge in [0.05, 0.1) is 0 Å². The van der Waals surface area contributed by atoms with Crippen molar-refractivity contribution in [3.8, 4) is 0 Å². The SMILES string of the molecule is C=C(CC)CCCCCCCC/C(C)=C/CC. The molecular formula is C17H32. The van der Waals surface area contributed by atoms with Crippen molar-refractivity contribution in [2.75, 3.05) is 0 Å². The molecule has 0 amide bonds. The summed E-state index contributed by atoms with van der Waals surface area (Å²) in [6.07, 6.45) is 15.6. The normalized spacial score (nSPS) is 11.8. The molecule has 0 aliphatic carbocycles. The monoisotopic (exact) mass is 236 g/mol. The van der Waals surface area contributed by atoms with Crippen molar-refractivity contribution in [3.63, 3.8) is 0 Å². The Morgan fingerprint density at radius 2 is 1.41 bits per heavy atom. The quantitative estimate of drug-likeness (QED) is 0.286. The number of unbranched alkanes of at least 4 members (excludes halogenated alkanes) is 5. The third-order valence-corrected chi connectivity index (χ3v) is 3.40. The third kappa shape index (κ3) is 11.7. The van der Waals surface area contributed by atoms with Crippen LogP contribution < -0.4 is 0 Å². The average molecular weight is 236 g/mol. The Morgan fingerprint density at radius 1 is 0.882 bits per heavy atom. The summed E-state index contributed by atoms with van der Waals surface area (Å²) in [5, 5.41) is 0. The van der Waals surface area contributed by atoms with E-state index < -0.39 is 0 Å². The number of rotatable bonds is 11. The molecule has 0 heteroatoms. The van der Waals surface area contributed by atoms with Crippen molar-refractivity contribution in [2.45, 2.75) is 85.0 Å². The van der Waals surface area contributed by atoms with Crippen LogP contribution in [0.25, 0.3) is 0 Å². The lowest BCUT2D eigenvalue weighted by molar-refractivity contribution is 0.590. The van der Waals surface area contributed by atoms with Gasteiger partial charge in [-0.25, -0.2) is 0 Å². The zero-order chi connectivity index (χ0) is 12.9. The molecule has 0 spiro atoms. The first-order valence-corrected chi connectivity index (χ1v) is 7.53. The fraction of sp³-hybridized carbons (Fsp3) is 0.765. The highest BCUT2D eigenvalue weighted by molar-refractivity contribution is 4.96. The second kappa shape index (κ2) is 12.0. The molecule has 0 aromatic heterocycles. The van der Waals surface area contributed by atoms with Crippen LogP contribution in [0.1, 0.15) is 85.0 Å². The smallest absolute Gasteiger partial charge is 0.0323 e. The van der Waals surface area contributed by atoms with Gasteiger partial charge in [-0.3, -0.25) is 0 Å².